The predicted molar refractivity (Wildman–Crippen MR) is 81.0 cm³/mol. The SMILES string of the molecule is Cc1c(OC2CCC(C)CC2)ccc(S(=O)(=O)Cl)c1C. The van der Waals surface area contributed by atoms with Crippen LogP contribution in [0.3, 0.4) is 0 Å². The first-order valence-electron chi connectivity index (χ1n) is 7.00. The minimum absolute atomic E-state index is 0.168. The summed E-state index contributed by atoms with van der Waals surface area (Å²) in [5.74, 6) is 1.55. The van der Waals surface area contributed by atoms with Crippen molar-refractivity contribution < 1.29 is 13.2 Å². The molecule has 2 rings (SSSR count). The van der Waals surface area contributed by atoms with Crippen LogP contribution in [0.2, 0.25) is 0 Å². The summed E-state index contributed by atoms with van der Waals surface area (Å²) < 4.78 is 29.0. The van der Waals surface area contributed by atoms with Gasteiger partial charge in [0.1, 0.15) is 5.75 Å². The molecule has 0 aromatic heterocycles. The summed E-state index contributed by atoms with van der Waals surface area (Å²) >= 11 is 0. The fourth-order valence-corrected chi connectivity index (χ4v) is 3.94. The molecule has 0 spiro atoms. The van der Waals surface area contributed by atoms with Gasteiger partial charge in [0.2, 0.25) is 0 Å². The summed E-state index contributed by atoms with van der Waals surface area (Å²) in [6.45, 7) is 5.91. The Bertz CT molecular complexity index is 587. The molecular weight excluding hydrogens is 296 g/mol. The number of rotatable bonds is 3. The molecule has 0 heterocycles. The molecule has 3 nitrogen and oxygen atoms in total. The van der Waals surface area contributed by atoms with E-state index in [1.54, 1.807) is 13.0 Å². The third-order valence-electron chi connectivity index (χ3n) is 4.21. The van der Waals surface area contributed by atoms with Crippen LogP contribution in [0, 0.1) is 19.8 Å². The van der Waals surface area contributed by atoms with Gasteiger partial charge in [-0.05, 0) is 68.7 Å². The fourth-order valence-electron chi connectivity index (χ4n) is 2.69. The van der Waals surface area contributed by atoms with Gasteiger partial charge in [-0.3, -0.25) is 0 Å². The fraction of sp³-hybridized carbons (Fsp3) is 0.600. The maximum Gasteiger partial charge on any atom is 0.261 e. The minimum Gasteiger partial charge on any atom is -0.490 e. The van der Waals surface area contributed by atoms with E-state index in [1.165, 1.54) is 18.9 Å². The Morgan fingerprint density at radius 3 is 2.25 bits per heavy atom. The standard InChI is InChI=1S/C15H21ClO3S/c1-10-4-6-13(7-5-10)19-14-8-9-15(20(16,17)18)12(3)11(14)2/h8-10,13H,4-7H2,1-3H3. The van der Waals surface area contributed by atoms with Crippen molar-refractivity contribution in [1.82, 2.24) is 0 Å². The molecule has 0 amide bonds. The molecule has 0 unspecified atom stereocenters. The summed E-state index contributed by atoms with van der Waals surface area (Å²) in [5, 5.41) is 0. The van der Waals surface area contributed by atoms with Crippen LogP contribution in [-0.2, 0) is 9.05 Å². The lowest BCUT2D eigenvalue weighted by Gasteiger charge is -2.27. The summed E-state index contributed by atoms with van der Waals surface area (Å²) in [5.41, 5.74) is 1.52. The first-order valence-corrected chi connectivity index (χ1v) is 9.31. The van der Waals surface area contributed by atoms with Crippen LogP contribution in [0.1, 0.15) is 43.7 Å². The summed E-state index contributed by atoms with van der Waals surface area (Å²) in [6.07, 6.45) is 4.75. The molecule has 5 heteroatoms. The Kier molecular flexibility index (Phi) is 4.65. The van der Waals surface area contributed by atoms with E-state index in [0.717, 1.165) is 30.1 Å². The topological polar surface area (TPSA) is 43.4 Å². The molecule has 0 bridgehead atoms. The maximum absolute atomic E-state index is 11.5. The lowest BCUT2D eigenvalue weighted by atomic mass is 9.89. The molecule has 0 saturated heterocycles. The highest BCUT2D eigenvalue weighted by atomic mass is 35.7. The highest BCUT2D eigenvalue weighted by Gasteiger charge is 2.22. The molecule has 1 saturated carbocycles. The molecule has 112 valence electrons. The molecule has 0 N–H and O–H groups in total. The lowest BCUT2D eigenvalue weighted by Crippen LogP contribution is -2.23. The third kappa shape index (κ3) is 3.47. The van der Waals surface area contributed by atoms with Crippen LogP contribution in [0.25, 0.3) is 0 Å². The van der Waals surface area contributed by atoms with Crippen LogP contribution >= 0.6 is 10.7 Å². The van der Waals surface area contributed by atoms with Gasteiger partial charge < -0.3 is 4.74 Å². The van der Waals surface area contributed by atoms with E-state index in [0.29, 0.717) is 5.56 Å². The highest BCUT2D eigenvalue weighted by molar-refractivity contribution is 8.13. The third-order valence-corrected chi connectivity index (χ3v) is 5.67. The molecule has 20 heavy (non-hydrogen) atoms. The van der Waals surface area contributed by atoms with E-state index in [4.69, 9.17) is 15.4 Å². The molecule has 1 aliphatic carbocycles. The smallest absolute Gasteiger partial charge is 0.261 e. The quantitative estimate of drug-likeness (QED) is 0.785. The van der Waals surface area contributed by atoms with Crippen molar-refractivity contribution in [3.05, 3.63) is 23.3 Å². The molecule has 0 atom stereocenters. The van der Waals surface area contributed by atoms with Crippen LogP contribution < -0.4 is 4.74 Å². The van der Waals surface area contributed by atoms with Gasteiger partial charge in [-0.2, -0.15) is 0 Å². The van der Waals surface area contributed by atoms with Gasteiger partial charge in [-0.25, -0.2) is 8.42 Å². The molecular formula is C15H21ClO3S. The summed E-state index contributed by atoms with van der Waals surface area (Å²) in [6, 6.07) is 3.25. The Labute approximate surface area is 125 Å². The van der Waals surface area contributed by atoms with Gasteiger partial charge in [0.15, 0.2) is 0 Å². The van der Waals surface area contributed by atoms with Gasteiger partial charge in [0.05, 0.1) is 11.0 Å². The monoisotopic (exact) mass is 316 g/mol. The molecule has 0 radical (unpaired) electrons. The molecule has 1 aromatic rings. The number of hydrogen-bond acceptors (Lipinski definition) is 3. The van der Waals surface area contributed by atoms with Crippen LogP contribution in [0.5, 0.6) is 5.75 Å². The second-order valence-corrected chi connectivity index (χ2v) is 8.28. The maximum atomic E-state index is 11.5. The van der Waals surface area contributed by atoms with Crippen LogP contribution in [0.4, 0.5) is 0 Å². The lowest BCUT2D eigenvalue weighted by molar-refractivity contribution is 0.134. The predicted octanol–water partition coefficient (Wildman–Crippen LogP) is 4.19. The van der Waals surface area contributed by atoms with Gasteiger partial charge in [0, 0.05) is 10.7 Å². The van der Waals surface area contributed by atoms with Crippen LogP contribution in [-0.4, -0.2) is 14.5 Å². The number of hydrogen-bond donors (Lipinski definition) is 0. The van der Waals surface area contributed by atoms with Crippen molar-refractivity contribution in [3.8, 4) is 5.75 Å². The first kappa shape index (κ1) is 15.6. The van der Waals surface area contributed by atoms with Crippen LogP contribution in [0.15, 0.2) is 17.0 Å². The Morgan fingerprint density at radius 2 is 1.70 bits per heavy atom. The molecule has 1 aliphatic rings. The van der Waals surface area contributed by atoms with Gasteiger partial charge >= 0.3 is 0 Å². The number of benzene rings is 1. The Balaban J connectivity index is 2.20. The zero-order valence-electron chi connectivity index (χ0n) is 12.1. The number of ether oxygens (including phenoxy) is 1. The van der Waals surface area contributed by atoms with Gasteiger partial charge in [-0.1, -0.05) is 6.92 Å². The first-order chi connectivity index (χ1) is 9.29. The van der Waals surface area contributed by atoms with Crippen molar-refractivity contribution in [2.75, 3.05) is 0 Å². The average molecular weight is 317 g/mol. The zero-order chi connectivity index (χ0) is 14.9. The molecule has 0 aliphatic heterocycles. The van der Waals surface area contributed by atoms with E-state index in [2.05, 4.69) is 6.92 Å². The largest absolute Gasteiger partial charge is 0.490 e. The zero-order valence-corrected chi connectivity index (χ0v) is 13.7. The minimum atomic E-state index is -3.70. The Hall–Kier alpha value is -0.740. The van der Waals surface area contributed by atoms with E-state index in [1.807, 2.05) is 6.92 Å². The summed E-state index contributed by atoms with van der Waals surface area (Å²) in [4.78, 5) is 0.168. The van der Waals surface area contributed by atoms with E-state index < -0.39 is 9.05 Å². The second kappa shape index (κ2) is 5.94. The van der Waals surface area contributed by atoms with Gasteiger partial charge in [0.25, 0.3) is 9.05 Å². The highest BCUT2D eigenvalue weighted by Crippen LogP contribution is 2.32. The molecule has 1 fully saturated rings. The van der Waals surface area contributed by atoms with E-state index in [9.17, 15) is 8.42 Å². The Morgan fingerprint density at radius 1 is 1.10 bits per heavy atom. The average Bonchev–Trinajstić information content (AvgIpc) is 2.36. The molecule has 1 aromatic carbocycles. The van der Waals surface area contributed by atoms with Crippen molar-refractivity contribution in [3.63, 3.8) is 0 Å². The van der Waals surface area contributed by atoms with Crippen molar-refractivity contribution in [2.24, 2.45) is 5.92 Å². The number of halogens is 1. The van der Waals surface area contributed by atoms with Crippen molar-refractivity contribution >= 4 is 19.7 Å². The van der Waals surface area contributed by atoms with Gasteiger partial charge in [-0.15, -0.1) is 0 Å². The normalized spacial score (nSPS) is 23.6. The van der Waals surface area contributed by atoms with E-state index in [-0.39, 0.29) is 11.0 Å². The summed E-state index contributed by atoms with van der Waals surface area (Å²) in [7, 11) is 1.73. The van der Waals surface area contributed by atoms with E-state index >= 15 is 0 Å². The second-order valence-electron chi connectivity index (χ2n) is 5.75. The van der Waals surface area contributed by atoms with Crippen molar-refractivity contribution in [2.45, 2.75) is 57.5 Å². The van der Waals surface area contributed by atoms with Crippen molar-refractivity contribution in [1.29, 1.82) is 0 Å².